The van der Waals surface area contributed by atoms with E-state index in [4.69, 9.17) is 0 Å². The van der Waals surface area contributed by atoms with Crippen LogP contribution in [0.15, 0.2) is 36.7 Å². The Morgan fingerprint density at radius 3 is 2.86 bits per heavy atom. The molecule has 2 aromatic heterocycles. The van der Waals surface area contributed by atoms with Crippen molar-refractivity contribution in [2.45, 2.75) is 13.3 Å². The van der Waals surface area contributed by atoms with Crippen molar-refractivity contribution in [3.05, 3.63) is 53.6 Å². The molecule has 0 amide bonds. The fourth-order valence-electron chi connectivity index (χ4n) is 1.56. The van der Waals surface area contributed by atoms with Gasteiger partial charge in [0.25, 0.3) is 0 Å². The van der Waals surface area contributed by atoms with Crippen molar-refractivity contribution in [3.8, 4) is 0 Å². The van der Waals surface area contributed by atoms with Crippen LogP contribution in [-0.2, 0) is 13.5 Å². The third-order valence-corrected chi connectivity index (χ3v) is 2.39. The van der Waals surface area contributed by atoms with Crippen LogP contribution >= 0.6 is 0 Å². The molecular weight excluding hydrogens is 172 g/mol. The number of pyridine rings is 1. The third kappa shape index (κ3) is 1.84. The Labute approximate surface area is 84.2 Å². The lowest BCUT2D eigenvalue weighted by Gasteiger charge is -2.03. The monoisotopic (exact) mass is 186 g/mol. The number of hydrogen-bond donors (Lipinski definition) is 0. The Bertz CT molecular complexity index is 429. The van der Waals surface area contributed by atoms with E-state index in [-0.39, 0.29) is 0 Å². The first kappa shape index (κ1) is 9.00. The van der Waals surface area contributed by atoms with Crippen molar-refractivity contribution in [3.63, 3.8) is 0 Å². The van der Waals surface area contributed by atoms with Crippen LogP contribution < -0.4 is 0 Å². The van der Waals surface area contributed by atoms with E-state index < -0.39 is 0 Å². The molecule has 0 aliphatic rings. The summed E-state index contributed by atoms with van der Waals surface area (Å²) in [5.41, 5.74) is 3.69. The zero-order valence-corrected chi connectivity index (χ0v) is 8.57. The Kier molecular flexibility index (Phi) is 2.35. The number of rotatable bonds is 2. The van der Waals surface area contributed by atoms with E-state index in [1.54, 1.807) is 0 Å². The lowest BCUT2D eigenvalue weighted by molar-refractivity contribution is 0.839. The predicted octanol–water partition coefficient (Wildman–Crippen LogP) is 2.32. The second-order valence-electron chi connectivity index (χ2n) is 3.61. The summed E-state index contributed by atoms with van der Waals surface area (Å²) in [5.74, 6) is 0. The third-order valence-electron chi connectivity index (χ3n) is 2.39. The molecule has 0 aliphatic carbocycles. The van der Waals surface area contributed by atoms with Crippen molar-refractivity contribution in [1.29, 1.82) is 0 Å². The van der Waals surface area contributed by atoms with Crippen LogP contribution in [0.4, 0.5) is 0 Å². The summed E-state index contributed by atoms with van der Waals surface area (Å²) < 4.78 is 2.13. The summed E-state index contributed by atoms with van der Waals surface area (Å²) in [7, 11) is 2.06. The molecule has 2 aromatic rings. The first-order chi connectivity index (χ1) is 6.75. The molecule has 0 bridgehead atoms. The van der Waals surface area contributed by atoms with E-state index >= 15 is 0 Å². The fourth-order valence-corrected chi connectivity index (χ4v) is 1.56. The predicted molar refractivity (Wildman–Crippen MR) is 57.2 cm³/mol. The highest BCUT2D eigenvalue weighted by Crippen LogP contribution is 2.08. The van der Waals surface area contributed by atoms with Gasteiger partial charge in [-0.3, -0.25) is 4.98 Å². The summed E-state index contributed by atoms with van der Waals surface area (Å²) in [6.45, 7) is 2.09. The van der Waals surface area contributed by atoms with Crippen LogP contribution in [0.2, 0.25) is 0 Å². The largest absolute Gasteiger partial charge is 0.354 e. The molecule has 2 nitrogen and oxygen atoms in total. The Morgan fingerprint density at radius 2 is 2.21 bits per heavy atom. The minimum Gasteiger partial charge on any atom is -0.354 e. The van der Waals surface area contributed by atoms with Crippen molar-refractivity contribution in [2.24, 2.45) is 7.05 Å². The van der Waals surface area contributed by atoms with Gasteiger partial charge in [0.2, 0.25) is 0 Å². The van der Waals surface area contributed by atoms with Crippen LogP contribution in [0, 0.1) is 6.92 Å². The summed E-state index contributed by atoms with van der Waals surface area (Å²) in [6, 6.07) is 8.34. The molecule has 0 atom stereocenters. The second-order valence-corrected chi connectivity index (χ2v) is 3.61. The van der Waals surface area contributed by atoms with Gasteiger partial charge in [-0.25, -0.2) is 0 Å². The fraction of sp³-hybridized carbons (Fsp3) is 0.250. The molecule has 0 N–H and O–H groups in total. The van der Waals surface area contributed by atoms with Crippen LogP contribution in [0.25, 0.3) is 0 Å². The van der Waals surface area contributed by atoms with E-state index in [1.165, 1.54) is 11.3 Å². The molecule has 14 heavy (non-hydrogen) atoms. The van der Waals surface area contributed by atoms with E-state index in [9.17, 15) is 0 Å². The minimum atomic E-state index is 0.908. The standard InChI is InChI=1S/C12H14N2/c1-10-5-6-13-11(8-10)9-12-4-3-7-14(12)2/h3-8H,9H2,1-2H3. The zero-order chi connectivity index (χ0) is 9.97. The number of hydrogen-bond acceptors (Lipinski definition) is 1. The highest BCUT2D eigenvalue weighted by molar-refractivity contribution is 5.20. The van der Waals surface area contributed by atoms with Crippen molar-refractivity contribution < 1.29 is 0 Å². The van der Waals surface area contributed by atoms with Crippen LogP contribution in [0.1, 0.15) is 17.0 Å². The highest BCUT2D eigenvalue weighted by atomic mass is 14.9. The van der Waals surface area contributed by atoms with E-state index in [2.05, 4.69) is 47.9 Å². The second kappa shape index (κ2) is 3.66. The summed E-state index contributed by atoms with van der Waals surface area (Å²) in [6.07, 6.45) is 4.84. The van der Waals surface area contributed by atoms with Gasteiger partial charge >= 0.3 is 0 Å². The van der Waals surface area contributed by atoms with E-state index in [0.29, 0.717) is 0 Å². The van der Waals surface area contributed by atoms with Gasteiger partial charge in [-0.2, -0.15) is 0 Å². The number of nitrogens with zero attached hydrogens (tertiary/aromatic N) is 2. The normalized spacial score (nSPS) is 10.4. The number of aryl methyl sites for hydroxylation is 2. The molecule has 72 valence electrons. The average molecular weight is 186 g/mol. The van der Waals surface area contributed by atoms with Crippen molar-refractivity contribution >= 4 is 0 Å². The average Bonchev–Trinajstić information content (AvgIpc) is 2.52. The molecule has 2 heterocycles. The smallest absolute Gasteiger partial charge is 0.0465 e. The first-order valence-corrected chi connectivity index (χ1v) is 4.77. The molecule has 0 unspecified atom stereocenters. The van der Waals surface area contributed by atoms with Crippen molar-refractivity contribution in [2.75, 3.05) is 0 Å². The molecule has 0 aromatic carbocycles. The maximum absolute atomic E-state index is 4.34. The lowest BCUT2D eigenvalue weighted by atomic mass is 10.2. The van der Waals surface area contributed by atoms with Gasteiger partial charge in [0.1, 0.15) is 0 Å². The Hall–Kier alpha value is -1.57. The summed E-state index contributed by atoms with van der Waals surface area (Å²) >= 11 is 0. The van der Waals surface area contributed by atoms with E-state index in [0.717, 1.165) is 12.1 Å². The molecule has 0 radical (unpaired) electrons. The van der Waals surface area contributed by atoms with Crippen LogP contribution in [0.3, 0.4) is 0 Å². The molecule has 2 heteroatoms. The molecule has 2 rings (SSSR count). The molecule has 0 spiro atoms. The van der Waals surface area contributed by atoms with Crippen molar-refractivity contribution in [1.82, 2.24) is 9.55 Å². The lowest BCUT2D eigenvalue weighted by Crippen LogP contribution is -1.98. The van der Waals surface area contributed by atoms with Gasteiger partial charge in [0.15, 0.2) is 0 Å². The number of aromatic nitrogens is 2. The maximum atomic E-state index is 4.34. The molecule has 0 aliphatic heterocycles. The highest BCUT2D eigenvalue weighted by Gasteiger charge is 2.00. The quantitative estimate of drug-likeness (QED) is 0.703. The Morgan fingerprint density at radius 1 is 1.36 bits per heavy atom. The summed E-state index contributed by atoms with van der Waals surface area (Å²) in [5, 5.41) is 0. The molecular formula is C12H14N2. The minimum absolute atomic E-state index is 0.908. The zero-order valence-electron chi connectivity index (χ0n) is 8.57. The van der Waals surface area contributed by atoms with Gasteiger partial charge in [0, 0.05) is 37.3 Å². The van der Waals surface area contributed by atoms with Crippen LogP contribution in [0.5, 0.6) is 0 Å². The van der Waals surface area contributed by atoms with Gasteiger partial charge in [0.05, 0.1) is 0 Å². The molecule has 0 fully saturated rings. The first-order valence-electron chi connectivity index (χ1n) is 4.77. The maximum Gasteiger partial charge on any atom is 0.0465 e. The van der Waals surface area contributed by atoms with Gasteiger partial charge in [-0.15, -0.1) is 0 Å². The summed E-state index contributed by atoms with van der Waals surface area (Å²) in [4.78, 5) is 4.34. The van der Waals surface area contributed by atoms with Gasteiger partial charge in [-0.1, -0.05) is 0 Å². The van der Waals surface area contributed by atoms with Gasteiger partial charge < -0.3 is 4.57 Å². The molecule has 0 saturated carbocycles. The van der Waals surface area contributed by atoms with Gasteiger partial charge in [-0.05, 0) is 36.8 Å². The molecule has 0 saturated heterocycles. The van der Waals surface area contributed by atoms with E-state index in [1.807, 2.05) is 12.3 Å². The topological polar surface area (TPSA) is 17.8 Å². The Balaban J connectivity index is 2.23. The SMILES string of the molecule is Cc1ccnc(Cc2cccn2C)c1. The van der Waals surface area contributed by atoms with Crippen LogP contribution in [-0.4, -0.2) is 9.55 Å².